The number of carbonyl (C=O) groups excluding carboxylic acids is 1. The van der Waals surface area contributed by atoms with Gasteiger partial charge >= 0.3 is 0 Å². The molecule has 148 valence electrons. The van der Waals surface area contributed by atoms with Crippen LogP contribution in [0, 0.1) is 13.8 Å². The summed E-state index contributed by atoms with van der Waals surface area (Å²) < 4.78 is 12.8. The monoisotopic (exact) mass is 392 g/mol. The summed E-state index contributed by atoms with van der Waals surface area (Å²) in [6.45, 7) is 5.79. The number of carbonyl (C=O) groups is 1. The van der Waals surface area contributed by atoms with Crippen molar-refractivity contribution in [3.63, 3.8) is 0 Å². The van der Waals surface area contributed by atoms with Gasteiger partial charge in [0.05, 0.1) is 22.9 Å². The minimum absolute atomic E-state index is 0.265. The molecule has 0 aliphatic carbocycles. The Kier molecular flexibility index (Phi) is 4.94. The summed E-state index contributed by atoms with van der Waals surface area (Å²) >= 11 is 0. The average Bonchev–Trinajstić information content (AvgIpc) is 3.30. The van der Waals surface area contributed by atoms with Gasteiger partial charge in [-0.25, -0.2) is 4.98 Å². The average molecular weight is 392 g/mol. The number of nitrogens with one attached hydrogen (secondary N) is 1. The van der Waals surface area contributed by atoms with E-state index in [-0.39, 0.29) is 18.6 Å². The number of hydrogen-bond acceptors (Lipinski definition) is 7. The molecule has 1 aromatic carbocycles. The molecule has 0 saturated carbocycles. The number of rotatable bonds is 6. The topological polar surface area (TPSA) is 107 Å². The molecule has 9 nitrogen and oxygen atoms in total. The molecule has 1 N–H and O–H groups in total. The van der Waals surface area contributed by atoms with Gasteiger partial charge in [-0.1, -0.05) is 17.3 Å². The molecule has 3 heterocycles. The number of benzene rings is 1. The van der Waals surface area contributed by atoms with Crippen LogP contribution < -0.4 is 10.1 Å². The van der Waals surface area contributed by atoms with Crippen molar-refractivity contribution < 1.29 is 14.1 Å². The first-order valence-electron chi connectivity index (χ1n) is 9.14. The summed E-state index contributed by atoms with van der Waals surface area (Å²) in [4.78, 5) is 17.0. The molecule has 0 bridgehead atoms. The quantitative estimate of drug-likeness (QED) is 0.537. The van der Waals surface area contributed by atoms with Gasteiger partial charge in [0.15, 0.2) is 5.82 Å². The lowest BCUT2D eigenvalue weighted by Gasteiger charge is -2.15. The van der Waals surface area contributed by atoms with Crippen molar-refractivity contribution in [3.8, 4) is 5.75 Å². The number of para-hydroxylation sites is 1. The standard InChI is InChI=1S/C20H20N6O3/c1-12-16(14(3)29-25-12)11-28-17-8-5-4-7-15(17)19(27)22-13(2)18-23-24-20-21-9-6-10-26(18)20/h4-10,13H,11H2,1-3H3,(H,22,27). The summed E-state index contributed by atoms with van der Waals surface area (Å²) in [5.74, 6) is 1.98. The molecule has 0 saturated heterocycles. The summed E-state index contributed by atoms with van der Waals surface area (Å²) in [6, 6.07) is 8.49. The third kappa shape index (κ3) is 3.66. The molecule has 4 rings (SSSR count). The fourth-order valence-corrected chi connectivity index (χ4v) is 3.03. The van der Waals surface area contributed by atoms with E-state index >= 15 is 0 Å². The maximum Gasteiger partial charge on any atom is 0.255 e. The van der Waals surface area contributed by atoms with E-state index in [0.29, 0.717) is 28.7 Å². The van der Waals surface area contributed by atoms with E-state index in [9.17, 15) is 4.79 Å². The van der Waals surface area contributed by atoms with Crippen molar-refractivity contribution in [2.75, 3.05) is 0 Å². The van der Waals surface area contributed by atoms with E-state index in [0.717, 1.165) is 11.3 Å². The number of hydrogen-bond donors (Lipinski definition) is 1. The number of ether oxygens (including phenoxy) is 1. The Hall–Kier alpha value is -3.75. The van der Waals surface area contributed by atoms with Gasteiger partial charge < -0.3 is 14.6 Å². The lowest BCUT2D eigenvalue weighted by atomic mass is 10.1. The summed E-state index contributed by atoms with van der Waals surface area (Å²) in [5, 5.41) is 15.0. The van der Waals surface area contributed by atoms with Crippen LogP contribution in [0.25, 0.3) is 5.78 Å². The van der Waals surface area contributed by atoms with E-state index in [1.165, 1.54) is 0 Å². The maximum absolute atomic E-state index is 12.9. The number of aryl methyl sites for hydroxylation is 2. The van der Waals surface area contributed by atoms with E-state index in [4.69, 9.17) is 9.26 Å². The molecule has 3 aromatic heterocycles. The van der Waals surface area contributed by atoms with Crippen molar-refractivity contribution in [1.82, 2.24) is 30.1 Å². The van der Waals surface area contributed by atoms with Gasteiger partial charge in [0.2, 0.25) is 0 Å². The molecular formula is C20H20N6O3. The van der Waals surface area contributed by atoms with Gasteiger partial charge in [0.1, 0.15) is 18.1 Å². The third-order valence-corrected chi connectivity index (χ3v) is 4.64. The number of fused-ring (bicyclic) bond motifs is 1. The minimum Gasteiger partial charge on any atom is -0.488 e. The highest BCUT2D eigenvalue weighted by atomic mass is 16.5. The van der Waals surface area contributed by atoms with Gasteiger partial charge in [-0.05, 0) is 39.0 Å². The van der Waals surface area contributed by atoms with Crippen LogP contribution in [0.2, 0.25) is 0 Å². The zero-order valence-corrected chi connectivity index (χ0v) is 16.3. The van der Waals surface area contributed by atoms with Crippen LogP contribution >= 0.6 is 0 Å². The second-order valence-corrected chi connectivity index (χ2v) is 6.63. The van der Waals surface area contributed by atoms with Crippen LogP contribution in [0.1, 0.15) is 46.2 Å². The Morgan fingerprint density at radius 2 is 2.07 bits per heavy atom. The SMILES string of the molecule is Cc1noc(C)c1COc1ccccc1C(=O)NC(C)c1nnc2ncccn12. The molecule has 4 aromatic rings. The van der Waals surface area contributed by atoms with E-state index in [1.807, 2.05) is 26.8 Å². The second-order valence-electron chi connectivity index (χ2n) is 6.63. The van der Waals surface area contributed by atoms with Gasteiger partial charge in [0.25, 0.3) is 11.7 Å². The Morgan fingerprint density at radius 1 is 1.24 bits per heavy atom. The Bertz CT molecular complexity index is 1150. The molecule has 1 unspecified atom stereocenters. The lowest BCUT2D eigenvalue weighted by Crippen LogP contribution is -2.28. The first kappa shape index (κ1) is 18.6. The molecule has 0 spiro atoms. The summed E-state index contributed by atoms with van der Waals surface area (Å²) in [5.41, 5.74) is 2.07. The lowest BCUT2D eigenvalue weighted by molar-refractivity contribution is 0.0933. The largest absolute Gasteiger partial charge is 0.488 e. The zero-order chi connectivity index (χ0) is 20.4. The molecule has 1 atom stereocenters. The summed E-state index contributed by atoms with van der Waals surface area (Å²) in [6.07, 6.45) is 3.45. The highest BCUT2D eigenvalue weighted by Gasteiger charge is 2.20. The minimum atomic E-state index is -0.377. The van der Waals surface area contributed by atoms with Gasteiger partial charge in [-0.15, -0.1) is 10.2 Å². The van der Waals surface area contributed by atoms with E-state index in [1.54, 1.807) is 41.1 Å². The van der Waals surface area contributed by atoms with Crippen LogP contribution in [0.4, 0.5) is 0 Å². The fraction of sp³-hybridized carbons (Fsp3) is 0.250. The van der Waals surface area contributed by atoms with Crippen LogP contribution in [0.5, 0.6) is 5.75 Å². The van der Waals surface area contributed by atoms with Gasteiger partial charge in [-0.2, -0.15) is 0 Å². The van der Waals surface area contributed by atoms with Crippen LogP contribution in [0.3, 0.4) is 0 Å². The predicted molar refractivity (Wildman–Crippen MR) is 103 cm³/mol. The number of amides is 1. The van der Waals surface area contributed by atoms with Crippen molar-refractivity contribution in [2.24, 2.45) is 0 Å². The molecular weight excluding hydrogens is 372 g/mol. The molecule has 0 aliphatic rings. The number of aromatic nitrogens is 5. The number of nitrogens with zero attached hydrogens (tertiary/aromatic N) is 5. The van der Waals surface area contributed by atoms with Crippen LogP contribution in [-0.2, 0) is 6.61 Å². The van der Waals surface area contributed by atoms with E-state index in [2.05, 4.69) is 25.7 Å². The molecule has 0 aliphatic heterocycles. The highest BCUT2D eigenvalue weighted by molar-refractivity contribution is 5.97. The van der Waals surface area contributed by atoms with Gasteiger partial charge in [0, 0.05) is 12.4 Å². The first-order chi connectivity index (χ1) is 14.0. The highest BCUT2D eigenvalue weighted by Crippen LogP contribution is 2.22. The van der Waals surface area contributed by atoms with Gasteiger partial charge in [-0.3, -0.25) is 9.20 Å². The Labute approximate surface area is 166 Å². The van der Waals surface area contributed by atoms with Crippen molar-refractivity contribution in [3.05, 3.63) is 71.1 Å². The van der Waals surface area contributed by atoms with E-state index < -0.39 is 0 Å². The van der Waals surface area contributed by atoms with Crippen LogP contribution in [-0.4, -0.2) is 30.6 Å². The maximum atomic E-state index is 12.9. The Morgan fingerprint density at radius 3 is 2.86 bits per heavy atom. The third-order valence-electron chi connectivity index (χ3n) is 4.64. The van der Waals surface area contributed by atoms with Crippen LogP contribution in [0.15, 0.2) is 47.2 Å². The van der Waals surface area contributed by atoms with Crippen molar-refractivity contribution >= 4 is 11.7 Å². The molecule has 29 heavy (non-hydrogen) atoms. The Balaban J connectivity index is 1.51. The molecule has 1 amide bonds. The molecule has 9 heteroatoms. The zero-order valence-electron chi connectivity index (χ0n) is 16.3. The second kappa shape index (κ2) is 7.70. The predicted octanol–water partition coefficient (Wildman–Crippen LogP) is 2.80. The molecule has 0 radical (unpaired) electrons. The van der Waals surface area contributed by atoms with Crippen molar-refractivity contribution in [1.29, 1.82) is 0 Å². The smallest absolute Gasteiger partial charge is 0.255 e. The summed E-state index contributed by atoms with van der Waals surface area (Å²) in [7, 11) is 0. The van der Waals surface area contributed by atoms with Crippen molar-refractivity contribution in [2.45, 2.75) is 33.4 Å². The fourth-order valence-electron chi connectivity index (χ4n) is 3.03. The first-order valence-corrected chi connectivity index (χ1v) is 9.14. The normalized spacial score (nSPS) is 12.1. The molecule has 0 fully saturated rings.